The number of aryl methyl sites for hydroxylation is 2. The standard InChI is InChI=1S/C18H14O/c1-11-10-17-14(13-5-3-2-4-12(11)13)6-7-16-15(17)8-9-18(16)19/h2-7,10H,8-9H2,1H3. The average molecular weight is 246 g/mol. The molecular formula is C18H14O. The zero-order chi connectivity index (χ0) is 13.0. The minimum absolute atomic E-state index is 0.294. The van der Waals surface area contributed by atoms with Crippen molar-refractivity contribution in [3.63, 3.8) is 0 Å². The Balaban J connectivity index is 2.24. The quantitative estimate of drug-likeness (QED) is 0.536. The molecule has 0 aliphatic heterocycles. The van der Waals surface area contributed by atoms with Crippen molar-refractivity contribution in [3.8, 4) is 0 Å². The molecule has 1 nitrogen and oxygen atoms in total. The van der Waals surface area contributed by atoms with E-state index in [1.54, 1.807) is 0 Å². The van der Waals surface area contributed by atoms with Crippen molar-refractivity contribution in [1.29, 1.82) is 0 Å². The predicted molar refractivity (Wildman–Crippen MR) is 78.8 cm³/mol. The number of benzene rings is 3. The molecule has 3 aromatic carbocycles. The molecule has 3 aromatic rings. The molecule has 0 amide bonds. The minimum atomic E-state index is 0.294. The molecule has 0 spiro atoms. The molecule has 1 aliphatic rings. The largest absolute Gasteiger partial charge is 0.294 e. The van der Waals surface area contributed by atoms with Gasteiger partial charge in [0.15, 0.2) is 5.78 Å². The number of ketones is 1. The summed E-state index contributed by atoms with van der Waals surface area (Å²) in [6.07, 6.45) is 1.56. The SMILES string of the molecule is Cc1cc2c3c(ccc2c2ccccc12)C(=O)CC3. The topological polar surface area (TPSA) is 17.1 Å². The van der Waals surface area contributed by atoms with Crippen LogP contribution in [0.4, 0.5) is 0 Å². The Morgan fingerprint density at radius 1 is 0.842 bits per heavy atom. The van der Waals surface area contributed by atoms with E-state index in [4.69, 9.17) is 0 Å². The van der Waals surface area contributed by atoms with Crippen molar-refractivity contribution >= 4 is 27.3 Å². The lowest BCUT2D eigenvalue weighted by Gasteiger charge is -2.10. The Bertz CT molecular complexity index is 843. The van der Waals surface area contributed by atoms with Gasteiger partial charge >= 0.3 is 0 Å². The van der Waals surface area contributed by atoms with Gasteiger partial charge in [-0.3, -0.25) is 4.79 Å². The van der Waals surface area contributed by atoms with E-state index in [9.17, 15) is 4.79 Å². The van der Waals surface area contributed by atoms with Crippen LogP contribution in [-0.4, -0.2) is 5.78 Å². The second kappa shape index (κ2) is 3.67. The van der Waals surface area contributed by atoms with Crippen molar-refractivity contribution in [2.45, 2.75) is 19.8 Å². The number of Topliss-reactive ketones (excluding diaryl/α,β-unsaturated/α-hetero) is 1. The van der Waals surface area contributed by atoms with Gasteiger partial charge in [0, 0.05) is 12.0 Å². The second-order valence-corrected chi connectivity index (χ2v) is 5.35. The summed E-state index contributed by atoms with van der Waals surface area (Å²) in [4.78, 5) is 11.9. The van der Waals surface area contributed by atoms with E-state index in [1.807, 2.05) is 6.07 Å². The first-order valence-electron chi connectivity index (χ1n) is 6.73. The zero-order valence-electron chi connectivity index (χ0n) is 10.9. The number of hydrogen-bond acceptors (Lipinski definition) is 1. The lowest BCUT2D eigenvalue weighted by molar-refractivity contribution is 0.0994. The third-order valence-corrected chi connectivity index (χ3v) is 4.26. The highest BCUT2D eigenvalue weighted by Gasteiger charge is 2.21. The molecule has 0 radical (unpaired) electrons. The maximum atomic E-state index is 11.9. The van der Waals surface area contributed by atoms with E-state index in [1.165, 1.54) is 32.7 Å². The molecule has 0 saturated heterocycles. The second-order valence-electron chi connectivity index (χ2n) is 5.35. The van der Waals surface area contributed by atoms with Crippen molar-refractivity contribution < 1.29 is 4.79 Å². The van der Waals surface area contributed by atoms with Gasteiger partial charge in [0.05, 0.1) is 0 Å². The van der Waals surface area contributed by atoms with Crippen molar-refractivity contribution in [2.24, 2.45) is 0 Å². The highest BCUT2D eigenvalue weighted by atomic mass is 16.1. The molecule has 0 fully saturated rings. The third kappa shape index (κ3) is 1.39. The van der Waals surface area contributed by atoms with Crippen molar-refractivity contribution in [3.05, 3.63) is 59.2 Å². The van der Waals surface area contributed by atoms with Crippen LogP contribution >= 0.6 is 0 Å². The van der Waals surface area contributed by atoms with Crippen LogP contribution in [0, 0.1) is 6.92 Å². The number of carbonyl (C=O) groups excluding carboxylic acids is 1. The number of hydrogen-bond donors (Lipinski definition) is 0. The van der Waals surface area contributed by atoms with Gasteiger partial charge in [-0.1, -0.05) is 42.5 Å². The first-order chi connectivity index (χ1) is 9.25. The van der Waals surface area contributed by atoms with Gasteiger partial charge in [-0.15, -0.1) is 0 Å². The zero-order valence-corrected chi connectivity index (χ0v) is 10.9. The van der Waals surface area contributed by atoms with Gasteiger partial charge in [-0.05, 0) is 46.0 Å². The van der Waals surface area contributed by atoms with Crippen LogP contribution in [0.3, 0.4) is 0 Å². The molecule has 19 heavy (non-hydrogen) atoms. The molecule has 4 rings (SSSR count). The Morgan fingerprint density at radius 3 is 2.42 bits per heavy atom. The summed E-state index contributed by atoms with van der Waals surface area (Å²) in [5.74, 6) is 0.294. The Morgan fingerprint density at radius 2 is 1.58 bits per heavy atom. The summed E-state index contributed by atoms with van der Waals surface area (Å²) in [6.45, 7) is 2.15. The number of fused-ring (bicyclic) bond motifs is 5. The van der Waals surface area contributed by atoms with Crippen LogP contribution < -0.4 is 0 Å². The maximum absolute atomic E-state index is 11.9. The molecule has 0 atom stereocenters. The highest BCUT2D eigenvalue weighted by Crippen LogP contribution is 2.35. The summed E-state index contributed by atoms with van der Waals surface area (Å²) >= 11 is 0. The lowest BCUT2D eigenvalue weighted by atomic mass is 9.93. The normalized spacial score (nSPS) is 14.3. The molecule has 0 bridgehead atoms. The van der Waals surface area contributed by atoms with E-state index in [0.29, 0.717) is 12.2 Å². The molecule has 0 N–H and O–H groups in total. The van der Waals surface area contributed by atoms with Crippen molar-refractivity contribution in [1.82, 2.24) is 0 Å². The Kier molecular flexibility index (Phi) is 2.08. The van der Waals surface area contributed by atoms with Gasteiger partial charge in [0.2, 0.25) is 0 Å². The number of rotatable bonds is 0. The first kappa shape index (κ1) is 10.7. The van der Waals surface area contributed by atoms with Crippen LogP contribution in [0.25, 0.3) is 21.5 Å². The fourth-order valence-corrected chi connectivity index (χ4v) is 3.32. The summed E-state index contributed by atoms with van der Waals surface area (Å²) in [7, 11) is 0. The lowest BCUT2D eigenvalue weighted by Crippen LogP contribution is -1.92. The molecule has 1 aliphatic carbocycles. The summed E-state index contributed by atoms with van der Waals surface area (Å²) in [6, 6.07) is 14.9. The molecule has 92 valence electrons. The smallest absolute Gasteiger partial charge is 0.163 e. The van der Waals surface area contributed by atoms with E-state index in [-0.39, 0.29) is 0 Å². The van der Waals surface area contributed by atoms with Crippen LogP contribution in [0.15, 0.2) is 42.5 Å². The number of carbonyl (C=O) groups is 1. The van der Waals surface area contributed by atoms with E-state index in [0.717, 1.165) is 12.0 Å². The van der Waals surface area contributed by atoms with Gasteiger partial charge in [0.25, 0.3) is 0 Å². The van der Waals surface area contributed by atoms with Crippen LogP contribution in [0.1, 0.15) is 27.9 Å². The molecule has 0 heterocycles. The molecule has 0 saturated carbocycles. The highest BCUT2D eigenvalue weighted by molar-refractivity contribution is 6.14. The molecular weight excluding hydrogens is 232 g/mol. The van der Waals surface area contributed by atoms with Gasteiger partial charge in [-0.2, -0.15) is 0 Å². The molecule has 1 heteroatoms. The first-order valence-corrected chi connectivity index (χ1v) is 6.73. The Labute approximate surface area is 111 Å². The third-order valence-electron chi connectivity index (χ3n) is 4.26. The fraction of sp³-hybridized carbons (Fsp3) is 0.167. The fourth-order valence-electron chi connectivity index (χ4n) is 3.32. The molecule has 0 aromatic heterocycles. The van der Waals surface area contributed by atoms with E-state index in [2.05, 4.69) is 43.3 Å². The van der Waals surface area contributed by atoms with Crippen molar-refractivity contribution in [2.75, 3.05) is 0 Å². The monoisotopic (exact) mass is 246 g/mol. The average Bonchev–Trinajstić information content (AvgIpc) is 2.81. The minimum Gasteiger partial charge on any atom is -0.294 e. The van der Waals surface area contributed by atoms with Gasteiger partial charge in [0.1, 0.15) is 0 Å². The van der Waals surface area contributed by atoms with Gasteiger partial charge in [-0.25, -0.2) is 0 Å². The van der Waals surface area contributed by atoms with Crippen LogP contribution in [0.2, 0.25) is 0 Å². The summed E-state index contributed by atoms with van der Waals surface area (Å²) < 4.78 is 0. The molecule has 0 unspecified atom stereocenters. The summed E-state index contributed by atoms with van der Waals surface area (Å²) in [5.41, 5.74) is 3.47. The van der Waals surface area contributed by atoms with E-state index >= 15 is 0 Å². The van der Waals surface area contributed by atoms with Crippen LogP contribution in [0.5, 0.6) is 0 Å². The predicted octanol–water partition coefficient (Wildman–Crippen LogP) is 4.43. The van der Waals surface area contributed by atoms with E-state index < -0.39 is 0 Å². The summed E-state index contributed by atoms with van der Waals surface area (Å²) in [5, 5.41) is 5.13. The Hall–Kier alpha value is -2.15. The maximum Gasteiger partial charge on any atom is 0.163 e. The van der Waals surface area contributed by atoms with Gasteiger partial charge < -0.3 is 0 Å². The van der Waals surface area contributed by atoms with Crippen LogP contribution in [-0.2, 0) is 6.42 Å².